The van der Waals surface area contributed by atoms with Crippen LogP contribution < -0.4 is 15.5 Å². The number of nitrogens with zero attached hydrogens (tertiary/aromatic N) is 1. The number of aliphatic hydroxyl groups excluding tert-OH is 2. The Balaban J connectivity index is 0.948. The van der Waals surface area contributed by atoms with Gasteiger partial charge in [-0.15, -0.1) is 0 Å². The van der Waals surface area contributed by atoms with E-state index in [1.807, 2.05) is 52.0 Å². The van der Waals surface area contributed by atoms with Gasteiger partial charge in [0.1, 0.15) is 6.10 Å². The molecule has 1 aromatic rings. The van der Waals surface area contributed by atoms with Crippen LogP contribution in [0.2, 0.25) is 0 Å². The average molecular weight is 914 g/mol. The summed E-state index contributed by atoms with van der Waals surface area (Å²) in [5.41, 5.74) is 1.73. The van der Waals surface area contributed by atoms with Crippen molar-refractivity contribution in [1.82, 2.24) is 10.6 Å². The molecule has 0 spiro atoms. The summed E-state index contributed by atoms with van der Waals surface area (Å²) in [6.45, 7) is 26.6. The zero-order valence-electron chi connectivity index (χ0n) is 42.1. The summed E-state index contributed by atoms with van der Waals surface area (Å²) >= 11 is 0. The van der Waals surface area contributed by atoms with Gasteiger partial charge in [-0.05, 0) is 160 Å². The lowest BCUT2D eigenvalue weighted by molar-refractivity contribution is -0.238. The van der Waals surface area contributed by atoms with E-state index in [2.05, 4.69) is 64.0 Å². The van der Waals surface area contributed by atoms with E-state index in [0.29, 0.717) is 43.3 Å². The molecule has 5 saturated carbocycles. The molecule has 1 saturated heterocycles. The summed E-state index contributed by atoms with van der Waals surface area (Å²) in [6, 6.07) is 7.68. The summed E-state index contributed by atoms with van der Waals surface area (Å²) in [4.78, 5) is 55.5. The highest BCUT2D eigenvalue weighted by Gasteiger charge is 2.71. The van der Waals surface area contributed by atoms with Crippen LogP contribution in [0.25, 0.3) is 0 Å². The van der Waals surface area contributed by atoms with Gasteiger partial charge in [-0.1, -0.05) is 67.9 Å². The molecule has 0 aromatic heterocycles. The maximum absolute atomic E-state index is 14.3. The molecule has 11 heteroatoms. The Morgan fingerprint density at radius 3 is 2.12 bits per heavy atom. The number of carboxylic acid groups (broad SMARTS) is 1. The summed E-state index contributed by atoms with van der Waals surface area (Å²) in [5.74, 6) is -0.880. The first-order valence-corrected chi connectivity index (χ1v) is 25.7. The maximum Gasteiger partial charge on any atom is 0.309 e. The number of hydrogen-bond donors (Lipinski definition) is 5. The van der Waals surface area contributed by atoms with Crippen molar-refractivity contribution in [3.8, 4) is 0 Å². The molecule has 8 rings (SSSR count). The molecule has 66 heavy (non-hydrogen) atoms. The largest absolute Gasteiger partial charge is 0.481 e. The van der Waals surface area contributed by atoms with Crippen LogP contribution in [-0.4, -0.2) is 89.0 Å². The molecule has 7 aliphatic rings. The minimum absolute atomic E-state index is 0.0122. The van der Waals surface area contributed by atoms with Crippen molar-refractivity contribution >= 4 is 29.3 Å². The van der Waals surface area contributed by atoms with Crippen molar-refractivity contribution in [2.24, 2.45) is 68.0 Å². The monoisotopic (exact) mass is 914 g/mol. The Labute approximate surface area is 395 Å². The molecular weight excluding hydrogens is 831 g/mol. The number of benzene rings is 1. The fraction of sp³-hybridized carbons (Fsp3) is 0.782. The molecule has 0 bridgehead atoms. The zero-order chi connectivity index (χ0) is 48.2. The number of hydrogen-bond acceptors (Lipinski definition) is 9. The van der Waals surface area contributed by atoms with E-state index in [1.165, 1.54) is 5.57 Å². The number of piperidine rings is 1. The van der Waals surface area contributed by atoms with E-state index in [9.17, 15) is 34.5 Å². The summed E-state index contributed by atoms with van der Waals surface area (Å²) < 4.78 is 6.44. The number of allylic oxidation sites excluding steroid dienone is 1. The first-order valence-electron chi connectivity index (χ1n) is 25.7. The maximum atomic E-state index is 14.3. The van der Waals surface area contributed by atoms with Crippen LogP contribution in [-0.2, 0) is 19.1 Å². The number of ketones is 1. The highest BCUT2D eigenvalue weighted by atomic mass is 16.5. The lowest BCUT2D eigenvalue weighted by Gasteiger charge is -2.72. The number of Topliss-reactive ketones (excluding diaryl/α,β-unsaturated/α-hetero) is 1. The van der Waals surface area contributed by atoms with Crippen LogP contribution >= 0.6 is 0 Å². The number of aliphatic carboxylic acids is 1. The number of aliphatic hydroxyl groups is 2. The Kier molecular flexibility index (Phi) is 12.7. The SMILES string of the molecule is CC(C)C1=C2[C@H]3CC[C@@H]4[C@@]5(C)CC[C@H](OC(=O)[C@H]6C[C@@H](C(=O)O)C6(C)C)C(C)(C)[C@@H]5CC[C@@]4(C)[C@]3(C)CC[C@@]2([C@@H](O)CNCC(C)(C)NC(=O)c2ccc(N3CCC(O)CC3)cc2)CC1=O. The van der Waals surface area contributed by atoms with E-state index in [4.69, 9.17) is 4.74 Å². The molecule has 1 amide bonds. The number of ether oxygens (including phenoxy) is 1. The number of anilines is 1. The van der Waals surface area contributed by atoms with Crippen LogP contribution in [0, 0.1) is 68.0 Å². The molecule has 6 aliphatic carbocycles. The molecule has 6 fully saturated rings. The third-order valence-electron chi connectivity index (χ3n) is 20.5. The third kappa shape index (κ3) is 7.79. The number of carboxylic acids is 1. The van der Waals surface area contributed by atoms with Gasteiger partial charge in [-0.2, -0.15) is 0 Å². The molecule has 11 nitrogen and oxygen atoms in total. The number of carbonyl (C=O) groups excluding carboxylic acids is 3. The standard InChI is InChI=1S/C55H83N3O8/c1-32(2)44-39(60)29-55(42(61)30-56-31-49(3,4)57-46(62)33-12-14-34(15-13-33)58-26-20-35(59)21-27-58)25-24-53(10)36(45(44)55)16-17-41-52(9)22-19-43(51(7,8)40(52)18-23-54(41,53)11)66-48(65)38-28-37(47(63)64)50(38,5)6/h12-15,32,35-38,40-43,56,59,61H,16-31H2,1-11H3,(H,57,62)(H,63,64)/t36-,37+,38-,40+,41-,42+,43+,52+,53-,54-,55+/m1/s1. The van der Waals surface area contributed by atoms with Gasteiger partial charge in [-0.25, -0.2) is 0 Å². The normalized spacial score (nSPS) is 37.8. The molecule has 5 N–H and O–H groups in total. The van der Waals surface area contributed by atoms with Gasteiger partial charge in [-0.3, -0.25) is 19.2 Å². The van der Waals surface area contributed by atoms with Gasteiger partial charge in [0.2, 0.25) is 0 Å². The Hall–Kier alpha value is -3.28. The summed E-state index contributed by atoms with van der Waals surface area (Å²) in [6.07, 6.45) is 8.61. The number of fused-ring (bicyclic) bond motifs is 7. The van der Waals surface area contributed by atoms with E-state index < -0.39 is 40.3 Å². The summed E-state index contributed by atoms with van der Waals surface area (Å²) in [7, 11) is 0. The van der Waals surface area contributed by atoms with Crippen molar-refractivity contribution in [2.45, 2.75) is 177 Å². The smallest absolute Gasteiger partial charge is 0.309 e. The molecule has 11 atom stereocenters. The molecule has 366 valence electrons. The van der Waals surface area contributed by atoms with Crippen molar-refractivity contribution in [3.63, 3.8) is 0 Å². The quantitative estimate of drug-likeness (QED) is 0.128. The molecule has 1 aliphatic heterocycles. The predicted molar refractivity (Wildman–Crippen MR) is 257 cm³/mol. The van der Waals surface area contributed by atoms with Gasteiger partial charge in [0.05, 0.1) is 24.0 Å². The second-order valence-corrected chi connectivity index (χ2v) is 25.4. The van der Waals surface area contributed by atoms with Crippen LogP contribution in [0.3, 0.4) is 0 Å². The number of carbonyl (C=O) groups is 4. The highest BCUT2D eigenvalue weighted by molar-refractivity contribution is 6.01. The topological polar surface area (TPSA) is 166 Å². The van der Waals surface area contributed by atoms with E-state index in [1.54, 1.807) is 0 Å². The molecule has 0 radical (unpaired) electrons. The first kappa shape index (κ1) is 49.2. The minimum atomic E-state index is -0.839. The number of rotatable bonds is 12. The number of amides is 1. The number of nitrogens with one attached hydrogen (secondary N) is 2. The highest BCUT2D eigenvalue weighted by Crippen LogP contribution is 2.77. The Bertz CT molecular complexity index is 2100. The minimum Gasteiger partial charge on any atom is -0.481 e. The molecular formula is C55H83N3O8. The lowest BCUT2D eigenvalue weighted by Crippen LogP contribution is -2.66. The number of esters is 1. The second kappa shape index (κ2) is 17.0. The summed E-state index contributed by atoms with van der Waals surface area (Å²) in [5, 5.41) is 38.8. The van der Waals surface area contributed by atoms with Crippen molar-refractivity contribution in [2.75, 3.05) is 31.1 Å². The van der Waals surface area contributed by atoms with Gasteiger partial charge < -0.3 is 35.6 Å². The van der Waals surface area contributed by atoms with Crippen molar-refractivity contribution < 1.29 is 39.2 Å². The van der Waals surface area contributed by atoms with Crippen LogP contribution in [0.4, 0.5) is 5.69 Å². The predicted octanol–water partition coefficient (Wildman–Crippen LogP) is 8.75. The van der Waals surface area contributed by atoms with E-state index >= 15 is 0 Å². The van der Waals surface area contributed by atoms with Crippen molar-refractivity contribution in [1.29, 1.82) is 0 Å². The van der Waals surface area contributed by atoms with Crippen LogP contribution in [0.15, 0.2) is 35.4 Å². The van der Waals surface area contributed by atoms with Crippen LogP contribution in [0.1, 0.15) is 164 Å². The molecule has 1 heterocycles. The van der Waals surface area contributed by atoms with Crippen LogP contribution in [0.5, 0.6) is 0 Å². The molecule has 0 unspecified atom stereocenters. The Morgan fingerprint density at radius 2 is 1.50 bits per heavy atom. The van der Waals surface area contributed by atoms with Gasteiger partial charge in [0.25, 0.3) is 5.91 Å². The van der Waals surface area contributed by atoms with Gasteiger partial charge in [0.15, 0.2) is 5.78 Å². The first-order chi connectivity index (χ1) is 30.7. The van der Waals surface area contributed by atoms with Gasteiger partial charge in [0, 0.05) is 60.2 Å². The van der Waals surface area contributed by atoms with Gasteiger partial charge >= 0.3 is 11.9 Å². The van der Waals surface area contributed by atoms with E-state index in [0.717, 1.165) is 88.6 Å². The molecule has 1 aromatic carbocycles. The lowest BCUT2D eigenvalue weighted by atomic mass is 9.33. The average Bonchev–Trinajstić information content (AvgIpc) is 3.55. The van der Waals surface area contributed by atoms with Crippen molar-refractivity contribution in [3.05, 3.63) is 41.0 Å². The third-order valence-corrected chi connectivity index (χ3v) is 20.5. The fourth-order valence-electron chi connectivity index (χ4n) is 16.3. The Morgan fingerprint density at radius 1 is 0.833 bits per heavy atom. The second-order valence-electron chi connectivity index (χ2n) is 25.4. The fourth-order valence-corrected chi connectivity index (χ4v) is 16.3. The zero-order valence-corrected chi connectivity index (χ0v) is 42.1. The van der Waals surface area contributed by atoms with E-state index in [-0.39, 0.29) is 63.4 Å².